The fourth-order valence-corrected chi connectivity index (χ4v) is 2.20. The number of carbonyl (C=O) groups is 1. The molecule has 0 aliphatic carbocycles. The number of hydrogen-bond acceptors (Lipinski definition) is 4. The number of nitrogens with zero attached hydrogens (tertiary/aromatic N) is 1. The van der Waals surface area contributed by atoms with Gasteiger partial charge in [-0.1, -0.05) is 12.1 Å². The second-order valence-corrected chi connectivity index (χ2v) is 4.94. The van der Waals surface area contributed by atoms with Crippen molar-refractivity contribution < 1.29 is 14.8 Å². The van der Waals surface area contributed by atoms with Crippen molar-refractivity contribution in [2.24, 2.45) is 0 Å². The van der Waals surface area contributed by atoms with Crippen LogP contribution in [0.1, 0.15) is 10.4 Å². The second kappa shape index (κ2) is 5.75. The molecule has 0 unspecified atom stereocenters. The van der Waals surface area contributed by atoms with Crippen molar-refractivity contribution in [2.75, 3.05) is 6.26 Å². The van der Waals surface area contributed by atoms with Crippen LogP contribution < -0.4 is 0 Å². The molecule has 0 bridgehead atoms. The smallest absolute Gasteiger partial charge is 0.335 e. The molecule has 5 nitrogen and oxygen atoms in total. The van der Waals surface area contributed by atoms with Crippen molar-refractivity contribution in [1.29, 1.82) is 0 Å². The van der Waals surface area contributed by atoms with Crippen molar-refractivity contribution >= 4 is 23.4 Å². The number of aromatic carboxylic acids is 1. The van der Waals surface area contributed by atoms with Crippen LogP contribution in [0.5, 0.6) is 0 Å². The molecule has 2 aromatic rings. The van der Waals surface area contributed by atoms with Gasteiger partial charge in [-0.3, -0.25) is 10.1 Å². The van der Waals surface area contributed by atoms with E-state index in [1.807, 2.05) is 30.5 Å². The summed E-state index contributed by atoms with van der Waals surface area (Å²) < 4.78 is 0. The first kappa shape index (κ1) is 14.1. The van der Waals surface area contributed by atoms with E-state index in [-0.39, 0.29) is 11.3 Å². The summed E-state index contributed by atoms with van der Waals surface area (Å²) in [7, 11) is 0. The predicted molar refractivity (Wildman–Crippen MR) is 77.3 cm³/mol. The first-order valence-corrected chi connectivity index (χ1v) is 6.91. The van der Waals surface area contributed by atoms with Gasteiger partial charge >= 0.3 is 5.97 Å². The quantitative estimate of drug-likeness (QED) is 0.527. The molecule has 0 heterocycles. The Hall–Kier alpha value is -2.34. The molecule has 2 aromatic carbocycles. The third kappa shape index (κ3) is 2.97. The molecule has 6 heteroatoms. The molecule has 0 radical (unpaired) electrons. The van der Waals surface area contributed by atoms with Crippen LogP contribution in [0.15, 0.2) is 47.4 Å². The topological polar surface area (TPSA) is 80.4 Å². The standard InChI is InChI=1S/C14H11NO4S/c1-20-13-4-2-9(3-5-13)10-6-11(14(16)17)8-12(7-10)15(18)19/h2-8H,1H3,(H,16,17). The number of rotatable bonds is 4. The molecule has 2 rings (SSSR count). The molecule has 0 saturated heterocycles. The van der Waals surface area contributed by atoms with Crippen LogP contribution in [-0.4, -0.2) is 22.3 Å². The van der Waals surface area contributed by atoms with E-state index >= 15 is 0 Å². The number of carboxylic acid groups (broad SMARTS) is 1. The Balaban J connectivity index is 2.53. The zero-order chi connectivity index (χ0) is 14.7. The molecule has 0 saturated carbocycles. The summed E-state index contributed by atoms with van der Waals surface area (Å²) in [4.78, 5) is 22.4. The first-order chi connectivity index (χ1) is 9.51. The zero-order valence-corrected chi connectivity index (χ0v) is 11.4. The maximum absolute atomic E-state index is 11.0. The molecule has 0 fully saturated rings. The normalized spacial score (nSPS) is 10.2. The molecular formula is C14H11NO4S. The zero-order valence-electron chi connectivity index (χ0n) is 10.6. The highest BCUT2D eigenvalue weighted by Gasteiger charge is 2.14. The third-order valence-electron chi connectivity index (χ3n) is 2.80. The Morgan fingerprint density at radius 1 is 1.15 bits per heavy atom. The number of carboxylic acids is 1. The summed E-state index contributed by atoms with van der Waals surface area (Å²) in [5.41, 5.74) is 0.940. The van der Waals surface area contributed by atoms with Gasteiger partial charge in [-0.05, 0) is 35.6 Å². The summed E-state index contributed by atoms with van der Waals surface area (Å²) in [5.74, 6) is -1.18. The lowest BCUT2D eigenvalue weighted by Crippen LogP contribution is -1.99. The van der Waals surface area contributed by atoms with E-state index in [4.69, 9.17) is 5.11 Å². The molecule has 0 aromatic heterocycles. The van der Waals surface area contributed by atoms with Crippen LogP contribution >= 0.6 is 11.8 Å². The van der Waals surface area contributed by atoms with Crippen molar-refractivity contribution in [3.05, 3.63) is 58.1 Å². The maximum Gasteiger partial charge on any atom is 0.335 e. The van der Waals surface area contributed by atoms with Crippen LogP contribution in [0.2, 0.25) is 0 Å². The number of nitro benzene ring substituents is 1. The van der Waals surface area contributed by atoms with Crippen molar-refractivity contribution in [2.45, 2.75) is 4.90 Å². The number of nitro groups is 1. The summed E-state index contributed by atoms with van der Waals surface area (Å²) in [5, 5.41) is 19.9. The van der Waals surface area contributed by atoms with Crippen LogP contribution in [0.4, 0.5) is 5.69 Å². The Morgan fingerprint density at radius 3 is 2.30 bits per heavy atom. The van der Waals surface area contributed by atoms with Crippen molar-refractivity contribution in [1.82, 2.24) is 0 Å². The SMILES string of the molecule is CSc1ccc(-c2cc(C(=O)O)cc([N+](=O)[O-])c2)cc1. The maximum atomic E-state index is 11.0. The number of thioether (sulfide) groups is 1. The monoisotopic (exact) mass is 289 g/mol. The lowest BCUT2D eigenvalue weighted by atomic mass is 10.0. The summed E-state index contributed by atoms with van der Waals surface area (Å²) in [6, 6.07) is 11.3. The number of hydrogen-bond donors (Lipinski definition) is 1. The van der Waals surface area contributed by atoms with Gasteiger partial charge in [0.05, 0.1) is 10.5 Å². The Bertz CT molecular complexity index is 635. The molecule has 0 atom stereocenters. The van der Waals surface area contributed by atoms with Gasteiger partial charge < -0.3 is 5.11 Å². The lowest BCUT2D eigenvalue weighted by Gasteiger charge is -2.05. The predicted octanol–water partition coefficient (Wildman–Crippen LogP) is 3.68. The fourth-order valence-electron chi connectivity index (χ4n) is 1.79. The van der Waals surface area contributed by atoms with Crippen LogP contribution in [0.25, 0.3) is 11.1 Å². The van der Waals surface area contributed by atoms with E-state index in [9.17, 15) is 14.9 Å². The van der Waals surface area contributed by atoms with Crippen LogP contribution in [0.3, 0.4) is 0 Å². The van der Waals surface area contributed by atoms with E-state index in [1.54, 1.807) is 11.8 Å². The minimum atomic E-state index is -1.18. The van der Waals surface area contributed by atoms with Gasteiger partial charge in [-0.15, -0.1) is 11.8 Å². The second-order valence-electron chi connectivity index (χ2n) is 4.06. The summed E-state index contributed by atoms with van der Waals surface area (Å²) in [6.07, 6.45) is 1.95. The molecule has 102 valence electrons. The highest BCUT2D eigenvalue weighted by atomic mass is 32.2. The van der Waals surface area contributed by atoms with E-state index in [1.165, 1.54) is 12.1 Å². The first-order valence-electron chi connectivity index (χ1n) is 5.68. The third-order valence-corrected chi connectivity index (χ3v) is 3.54. The summed E-state index contributed by atoms with van der Waals surface area (Å²) in [6.45, 7) is 0. The van der Waals surface area contributed by atoms with Gasteiger partial charge in [-0.25, -0.2) is 4.79 Å². The van der Waals surface area contributed by atoms with E-state index in [2.05, 4.69) is 0 Å². The van der Waals surface area contributed by atoms with Crippen molar-refractivity contribution in [3.8, 4) is 11.1 Å². The van der Waals surface area contributed by atoms with Gasteiger partial charge in [0.25, 0.3) is 5.69 Å². The van der Waals surface area contributed by atoms with Crippen LogP contribution in [0, 0.1) is 10.1 Å². The van der Waals surface area contributed by atoms with E-state index < -0.39 is 10.9 Å². The highest BCUT2D eigenvalue weighted by Crippen LogP contribution is 2.27. The van der Waals surface area contributed by atoms with Gasteiger partial charge in [0.15, 0.2) is 0 Å². The Labute approximate surface area is 119 Å². The summed E-state index contributed by atoms with van der Waals surface area (Å²) >= 11 is 1.59. The molecule has 0 amide bonds. The Kier molecular flexibility index (Phi) is 4.05. The Morgan fingerprint density at radius 2 is 1.80 bits per heavy atom. The minimum absolute atomic E-state index is 0.0943. The van der Waals surface area contributed by atoms with E-state index in [0.29, 0.717) is 5.56 Å². The average molecular weight is 289 g/mol. The van der Waals surface area contributed by atoms with Gasteiger partial charge in [0.1, 0.15) is 0 Å². The lowest BCUT2D eigenvalue weighted by molar-refractivity contribution is -0.384. The van der Waals surface area contributed by atoms with E-state index in [0.717, 1.165) is 16.5 Å². The molecular weight excluding hydrogens is 278 g/mol. The van der Waals surface area contributed by atoms with Crippen LogP contribution in [-0.2, 0) is 0 Å². The molecule has 0 aliphatic rings. The van der Waals surface area contributed by atoms with Gasteiger partial charge in [-0.2, -0.15) is 0 Å². The molecule has 0 aliphatic heterocycles. The van der Waals surface area contributed by atoms with Crippen molar-refractivity contribution in [3.63, 3.8) is 0 Å². The number of non-ortho nitro benzene ring substituents is 1. The molecule has 1 N–H and O–H groups in total. The molecule has 0 spiro atoms. The van der Waals surface area contributed by atoms with Gasteiger partial charge in [0.2, 0.25) is 0 Å². The fraction of sp³-hybridized carbons (Fsp3) is 0.0714. The highest BCUT2D eigenvalue weighted by molar-refractivity contribution is 7.98. The molecule has 20 heavy (non-hydrogen) atoms. The van der Waals surface area contributed by atoms with Gasteiger partial charge in [0, 0.05) is 17.0 Å². The average Bonchev–Trinajstić information content (AvgIpc) is 2.46. The number of benzene rings is 2. The largest absolute Gasteiger partial charge is 0.478 e. The minimum Gasteiger partial charge on any atom is -0.478 e.